The molecule has 2 rings (SSSR count). The first-order valence-electron chi connectivity index (χ1n) is 6.00. The van der Waals surface area contributed by atoms with E-state index in [9.17, 15) is 4.79 Å². The lowest BCUT2D eigenvalue weighted by atomic mass is 10.3. The first-order chi connectivity index (χ1) is 8.25. The maximum Gasteiger partial charge on any atom is 0.246 e. The predicted molar refractivity (Wildman–Crippen MR) is 66.5 cm³/mol. The lowest BCUT2D eigenvalue weighted by molar-refractivity contribution is -0.125. The molecule has 1 aliphatic heterocycles. The summed E-state index contributed by atoms with van der Waals surface area (Å²) in [5, 5.41) is 3.27. The molecule has 2 heterocycles. The van der Waals surface area contributed by atoms with E-state index in [2.05, 4.69) is 5.32 Å². The van der Waals surface area contributed by atoms with Crippen LogP contribution < -0.4 is 5.32 Å². The van der Waals surface area contributed by atoms with Gasteiger partial charge in [0.2, 0.25) is 5.91 Å². The summed E-state index contributed by atoms with van der Waals surface area (Å²) >= 11 is 0. The minimum atomic E-state index is 0.0581. The number of hydrogen-bond donors (Lipinski definition) is 1. The van der Waals surface area contributed by atoms with Crippen LogP contribution in [0.4, 0.5) is 0 Å². The third kappa shape index (κ3) is 3.46. The molecule has 1 aromatic heterocycles. The second-order valence-corrected chi connectivity index (χ2v) is 4.21. The van der Waals surface area contributed by atoms with Gasteiger partial charge in [0.05, 0.1) is 0 Å². The van der Waals surface area contributed by atoms with Gasteiger partial charge in [-0.2, -0.15) is 0 Å². The second-order valence-electron chi connectivity index (χ2n) is 4.21. The molecule has 92 valence electrons. The molecule has 1 amide bonds. The zero-order valence-corrected chi connectivity index (χ0v) is 10.1. The SMILES string of the molecule is Cc1ccc(/C=C/C(=O)N2CCCNCC2)o1. The second kappa shape index (κ2) is 5.68. The average Bonchev–Trinajstić information content (AvgIpc) is 2.58. The fourth-order valence-corrected chi connectivity index (χ4v) is 1.87. The lowest BCUT2D eigenvalue weighted by Crippen LogP contribution is -2.32. The molecule has 0 unspecified atom stereocenters. The van der Waals surface area contributed by atoms with Crippen molar-refractivity contribution in [3.8, 4) is 0 Å². The summed E-state index contributed by atoms with van der Waals surface area (Å²) in [7, 11) is 0. The molecule has 0 aliphatic carbocycles. The van der Waals surface area contributed by atoms with Gasteiger partial charge in [-0.3, -0.25) is 4.79 Å². The number of nitrogens with one attached hydrogen (secondary N) is 1. The molecule has 0 bridgehead atoms. The fourth-order valence-electron chi connectivity index (χ4n) is 1.87. The van der Waals surface area contributed by atoms with Crippen LogP contribution in [0.3, 0.4) is 0 Å². The van der Waals surface area contributed by atoms with Gasteiger partial charge in [-0.1, -0.05) is 0 Å². The van der Waals surface area contributed by atoms with E-state index in [1.54, 1.807) is 12.2 Å². The highest BCUT2D eigenvalue weighted by molar-refractivity contribution is 5.91. The van der Waals surface area contributed by atoms with Crippen molar-refractivity contribution in [2.75, 3.05) is 26.2 Å². The Kier molecular flexibility index (Phi) is 3.98. The summed E-state index contributed by atoms with van der Waals surface area (Å²) < 4.78 is 5.38. The third-order valence-electron chi connectivity index (χ3n) is 2.80. The van der Waals surface area contributed by atoms with Crippen molar-refractivity contribution in [3.63, 3.8) is 0 Å². The number of rotatable bonds is 2. The van der Waals surface area contributed by atoms with E-state index in [4.69, 9.17) is 4.42 Å². The molecule has 0 saturated carbocycles. The number of carbonyl (C=O) groups excluding carboxylic acids is 1. The number of nitrogens with zero attached hydrogens (tertiary/aromatic N) is 1. The molecule has 0 radical (unpaired) electrons. The van der Waals surface area contributed by atoms with Gasteiger partial charge < -0.3 is 14.6 Å². The molecule has 1 saturated heterocycles. The smallest absolute Gasteiger partial charge is 0.246 e. The van der Waals surface area contributed by atoms with Gasteiger partial charge in [-0.15, -0.1) is 0 Å². The van der Waals surface area contributed by atoms with Crippen molar-refractivity contribution in [3.05, 3.63) is 29.7 Å². The maximum atomic E-state index is 11.9. The van der Waals surface area contributed by atoms with Crippen molar-refractivity contribution >= 4 is 12.0 Å². The number of furan rings is 1. The maximum absolute atomic E-state index is 11.9. The van der Waals surface area contributed by atoms with Crippen LogP contribution in [0, 0.1) is 6.92 Å². The normalized spacial score (nSPS) is 17.4. The van der Waals surface area contributed by atoms with E-state index < -0.39 is 0 Å². The monoisotopic (exact) mass is 234 g/mol. The van der Waals surface area contributed by atoms with Crippen molar-refractivity contribution in [2.45, 2.75) is 13.3 Å². The number of aryl methyl sites for hydroxylation is 1. The molecule has 4 heteroatoms. The molecule has 1 aliphatic rings. The molecule has 0 atom stereocenters. The van der Waals surface area contributed by atoms with Crippen LogP contribution in [0.25, 0.3) is 6.08 Å². The number of hydrogen-bond acceptors (Lipinski definition) is 3. The summed E-state index contributed by atoms with van der Waals surface area (Å²) in [5.41, 5.74) is 0. The Balaban J connectivity index is 1.93. The molecular weight excluding hydrogens is 216 g/mol. The van der Waals surface area contributed by atoms with Crippen LogP contribution in [0.2, 0.25) is 0 Å². The Hall–Kier alpha value is -1.55. The third-order valence-corrected chi connectivity index (χ3v) is 2.80. The summed E-state index contributed by atoms with van der Waals surface area (Å²) in [5.74, 6) is 1.64. The van der Waals surface area contributed by atoms with Crippen LogP contribution in [0.1, 0.15) is 17.9 Å². The van der Waals surface area contributed by atoms with Gasteiger partial charge in [-0.25, -0.2) is 0 Å². The van der Waals surface area contributed by atoms with Gasteiger partial charge in [0.15, 0.2) is 0 Å². The Labute approximate surface area is 101 Å². The molecule has 1 aromatic rings. The fraction of sp³-hybridized carbons (Fsp3) is 0.462. The van der Waals surface area contributed by atoms with Gasteiger partial charge in [0.25, 0.3) is 0 Å². The average molecular weight is 234 g/mol. The van der Waals surface area contributed by atoms with E-state index in [-0.39, 0.29) is 5.91 Å². The quantitative estimate of drug-likeness (QED) is 0.787. The first-order valence-corrected chi connectivity index (χ1v) is 6.00. The van der Waals surface area contributed by atoms with Crippen molar-refractivity contribution < 1.29 is 9.21 Å². The minimum Gasteiger partial charge on any atom is -0.462 e. The van der Waals surface area contributed by atoms with Gasteiger partial charge in [0.1, 0.15) is 11.5 Å². The zero-order valence-electron chi connectivity index (χ0n) is 10.1. The van der Waals surface area contributed by atoms with Crippen LogP contribution in [0.15, 0.2) is 22.6 Å². The Morgan fingerprint density at radius 3 is 3.06 bits per heavy atom. The minimum absolute atomic E-state index is 0.0581. The largest absolute Gasteiger partial charge is 0.462 e. The summed E-state index contributed by atoms with van der Waals surface area (Å²) in [6.45, 7) is 5.36. The number of carbonyl (C=O) groups is 1. The Morgan fingerprint density at radius 2 is 2.29 bits per heavy atom. The van der Waals surface area contributed by atoms with E-state index >= 15 is 0 Å². The van der Waals surface area contributed by atoms with Crippen LogP contribution in [-0.2, 0) is 4.79 Å². The standard InChI is InChI=1S/C13H18N2O2/c1-11-3-4-12(17-11)5-6-13(16)15-9-2-7-14-8-10-15/h3-6,14H,2,7-10H2,1H3/b6-5+. The van der Waals surface area contributed by atoms with Crippen LogP contribution in [0.5, 0.6) is 0 Å². The van der Waals surface area contributed by atoms with Crippen molar-refractivity contribution in [1.82, 2.24) is 10.2 Å². The van der Waals surface area contributed by atoms with Gasteiger partial charge in [-0.05, 0) is 38.1 Å². The Morgan fingerprint density at radius 1 is 1.41 bits per heavy atom. The number of amides is 1. The van der Waals surface area contributed by atoms with Crippen LogP contribution in [-0.4, -0.2) is 37.0 Å². The highest BCUT2D eigenvalue weighted by atomic mass is 16.3. The molecule has 4 nitrogen and oxygen atoms in total. The molecule has 1 N–H and O–H groups in total. The molecule has 17 heavy (non-hydrogen) atoms. The highest BCUT2D eigenvalue weighted by Gasteiger charge is 2.12. The highest BCUT2D eigenvalue weighted by Crippen LogP contribution is 2.08. The van der Waals surface area contributed by atoms with Crippen LogP contribution >= 0.6 is 0 Å². The Bertz CT molecular complexity index is 401. The van der Waals surface area contributed by atoms with Gasteiger partial charge in [0, 0.05) is 25.7 Å². The summed E-state index contributed by atoms with van der Waals surface area (Å²) in [6.07, 6.45) is 4.33. The predicted octanol–water partition coefficient (Wildman–Crippen LogP) is 1.42. The van der Waals surface area contributed by atoms with E-state index in [0.29, 0.717) is 0 Å². The topological polar surface area (TPSA) is 45.5 Å². The van der Waals surface area contributed by atoms with E-state index in [0.717, 1.165) is 44.1 Å². The summed E-state index contributed by atoms with van der Waals surface area (Å²) in [6, 6.07) is 3.75. The lowest BCUT2D eigenvalue weighted by Gasteiger charge is -2.17. The zero-order chi connectivity index (χ0) is 12.1. The van der Waals surface area contributed by atoms with Crippen molar-refractivity contribution in [2.24, 2.45) is 0 Å². The molecular formula is C13H18N2O2. The first kappa shape index (κ1) is 11.9. The molecule has 0 spiro atoms. The molecule has 1 fully saturated rings. The van der Waals surface area contributed by atoms with Crippen molar-refractivity contribution in [1.29, 1.82) is 0 Å². The van der Waals surface area contributed by atoms with E-state index in [1.807, 2.05) is 24.0 Å². The summed E-state index contributed by atoms with van der Waals surface area (Å²) in [4.78, 5) is 13.8. The van der Waals surface area contributed by atoms with Gasteiger partial charge >= 0.3 is 0 Å². The molecule has 0 aromatic carbocycles. The van der Waals surface area contributed by atoms with E-state index in [1.165, 1.54) is 0 Å².